The van der Waals surface area contributed by atoms with Crippen LogP contribution in [0.2, 0.25) is 0 Å². The van der Waals surface area contributed by atoms with Crippen molar-refractivity contribution < 1.29 is 14.7 Å². The molecule has 0 saturated heterocycles. The molecule has 0 spiro atoms. The van der Waals surface area contributed by atoms with Crippen LogP contribution < -0.4 is 16.0 Å². The van der Waals surface area contributed by atoms with Crippen LogP contribution in [0.25, 0.3) is 0 Å². The largest absolute Gasteiger partial charge is 0.479 e. The first-order chi connectivity index (χ1) is 10.1. The van der Waals surface area contributed by atoms with Crippen LogP contribution in [-0.4, -0.2) is 27.6 Å². The Morgan fingerprint density at radius 3 is 2.14 bits per heavy atom. The number of carboxylic acid groups (broad SMARTS) is 1. The van der Waals surface area contributed by atoms with E-state index in [1.54, 1.807) is 24.3 Å². The Morgan fingerprint density at radius 1 is 1.18 bits per heavy atom. The summed E-state index contributed by atoms with van der Waals surface area (Å²) < 4.78 is 0. The third-order valence-corrected chi connectivity index (χ3v) is 2.79. The average molecular weight is 323 g/mol. The van der Waals surface area contributed by atoms with Gasteiger partial charge in [0.15, 0.2) is 11.2 Å². The molecule has 0 aliphatic rings. The van der Waals surface area contributed by atoms with Crippen molar-refractivity contribution in [1.82, 2.24) is 10.6 Å². The van der Waals surface area contributed by atoms with Gasteiger partial charge in [0.25, 0.3) is 0 Å². The lowest BCUT2D eigenvalue weighted by Crippen LogP contribution is -2.42. The molecular formula is C15H21N3O3S. The Labute approximate surface area is 135 Å². The second-order valence-electron chi connectivity index (χ2n) is 5.92. The third-order valence-electron chi connectivity index (χ3n) is 2.58. The van der Waals surface area contributed by atoms with Gasteiger partial charge in [0.05, 0.1) is 0 Å². The molecule has 0 fully saturated rings. The first-order valence-electron chi connectivity index (χ1n) is 6.77. The van der Waals surface area contributed by atoms with E-state index in [2.05, 4.69) is 16.0 Å². The minimum atomic E-state index is -1.11. The van der Waals surface area contributed by atoms with Crippen LogP contribution in [0.3, 0.4) is 0 Å². The predicted molar refractivity (Wildman–Crippen MR) is 89.7 cm³/mol. The summed E-state index contributed by atoms with van der Waals surface area (Å²) in [7, 11) is 0. The lowest BCUT2D eigenvalue weighted by atomic mass is 10.1. The fourth-order valence-corrected chi connectivity index (χ4v) is 2.18. The van der Waals surface area contributed by atoms with Crippen molar-refractivity contribution >= 4 is 34.9 Å². The van der Waals surface area contributed by atoms with Crippen molar-refractivity contribution in [3.63, 3.8) is 0 Å². The molecule has 0 radical (unpaired) electrons. The first kappa shape index (κ1) is 17.9. The van der Waals surface area contributed by atoms with Crippen LogP contribution in [0.5, 0.6) is 0 Å². The molecule has 1 aromatic carbocycles. The fraction of sp³-hybridized carbons (Fsp3) is 0.400. The van der Waals surface area contributed by atoms with E-state index in [1.807, 2.05) is 20.8 Å². The van der Waals surface area contributed by atoms with Gasteiger partial charge in [0, 0.05) is 18.2 Å². The zero-order valence-electron chi connectivity index (χ0n) is 13.1. The maximum atomic E-state index is 11.2. The van der Waals surface area contributed by atoms with Crippen molar-refractivity contribution in [1.29, 1.82) is 0 Å². The Hall–Kier alpha value is -2.15. The topological polar surface area (TPSA) is 90.5 Å². The van der Waals surface area contributed by atoms with Crippen molar-refractivity contribution in [2.75, 3.05) is 5.32 Å². The molecule has 7 heteroatoms. The summed E-state index contributed by atoms with van der Waals surface area (Å²) in [4.78, 5) is 22.3. The summed E-state index contributed by atoms with van der Waals surface area (Å²) in [5.74, 6) is -1.51. The molecule has 0 aromatic heterocycles. The summed E-state index contributed by atoms with van der Waals surface area (Å²) >= 11 is 5.19. The van der Waals surface area contributed by atoms with Crippen molar-refractivity contribution in [2.45, 2.75) is 39.3 Å². The molecule has 1 rings (SSSR count). The second-order valence-corrected chi connectivity index (χ2v) is 6.33. The molecular weight excluding hydrogens is 302 g/mol. The minimum Gasteiger partial charge on any atom is -0.479 e. The minimum absolute atomic E-state index is 0.149. The van der Waals surface area contributed by atoms with Crippen LogP contribution in [0.4, 0.5) is 5.69 Å². The van der Waals surface area contributed by atoms with E-state index in [4.69, 9.17) is 17.3 Å². The van der Waals surface area contributed by atoms with Crippen molar-refractivity contribution in [3.05, 3.63) is 29.8 Å². The monoisotopic (exact) mass is 323 g/mol. The summed E-state index contributed by atoms with van der Waals surface area (Å²) in [5, 5.41) is 18.2. The molecule has 120 valence electrons. The van der Waals surface area contributed by atoms with E-state index in [0.29, 0.717) is 10.7 Å². The number of benzene rings is 1. The van der Waals surface area contributed by atoms with Crippen LogP contribution in [-0.2, 0) is 9.59 Å². The molecule has 1 atom stereocenters. The number of carbonyl (C=O) groups is 2. The second kappa shape index (κ2) is 7.22. The number of aliphatic carboxylic acids is 1. The molecule has 0 saturated carbocycles. The summed E-state index contributed by atoms with van der Waals surface area (Å²) in [6.07, 6.45) is 0. The maximum Gasteiger partial charge on any atom is 0.330 e. The number of thiocarbonyl (C=S) groups is 1. The van der Waals surface area contributed by atoms with Crippen LogP contribution >= 0.6 is 12.2 Å². The summed E-state index contributed by atoms with van der Waals surface area (Å²) in [6.45, 7) is 7.27. The highest BCUT2D eigenvalue weighted by atomic mass is 32.1. The third kappa shape index (κ3) is 6.09. The number of nitrogens with one attached hydrogen (secondary N) is 3. The summed E-state index contributed by atoms with van der Waals surface area (Å²) in [5.41, 5.74) is 1.07. The van der Waals surface area contributed by atoms with Gasteiger partial charge < -0.3 is 21.1 Å². The molecule has 1 amide bonds. The van der Waals surface area contributed by atoms with Gasteiger partial charge in [-0.05, 0) is 50.7 Å². The molecule has 4 N–H and O–H groups in total. The molecule has 1 aromatic rings. The van der Waals surface area contributed by atoms with E-state index in [-0.39, 0.29) is 5.54 Å². The standard InChI is InChI=1S/C15H21N3O3S/c1-9(19)16-12(13(20)21)10-5-7-11(8-6-10)17-14(22)18-15(2,3)4/h5-8,12H,1-4H3,(H,16,19)(H,20,21)(H2,17,18,22). The zero-order chi connectivity index (χ0) is 16.9. The van der Waals surface area contributed by atoms with Gasteiger partial charge in [0.2, 0.25) is 5.91 Å². The van der Waals surface area contributed by atoms with Crippen molar-refractivity contribution in [3.8, 4) is 0 Å². The molecule has 0 heterocycles. The van der Waals surface area contributed by atoms with Crippen LogP contribution in [0.1, 0.15) is 39.3 Å². The Morgan fingerprint density at radius 2 is 1.73 bits per heavy atom. The first-order valence-corrected chi connectivity index (χ1v) is 7.18. The predicted octanol–water partition coefficient (Wildman–Crippen LogP) is 2.03. The molecule has 0 bridgehead atoms. The number of carboxylic acids is 1. The number of hydrogen-bond acceptors (Lipinski definition) is 3. The fourth-order valence-electron chi connectivity index (χ4n) is 1.75. The van der Waals surface area contributed by atoms with Gasteiger partial charge in [-0.25, -0.2) is 4.79 Å². The highest BCUT2D eigenvalue weighted by Gasteiger charge is 2.20. The zero-order valence-corrected chi connectivity index (χ0v) is 13.9. The number of rotatable bonds is 4. The number of hydrogen-bond donors (Lipinski definition) is 4. The van der Waals surface area contributed by atoms with Crippen LogP contribution in [0.15, 0.2) is 24.3 Å². The Bertz CT molecular complexity index is 564. The van der Waals surface area contributed by atoms with E-state index in [0.717, 1.165) is 5.69 Å². The number of carbonyl (C=O) groups excluding carboxylic acids is 1. The molecule has 22 heavy (non-hydrogen) atoms. The van der Waals surface area contributed by atoms with E-state index < -0.39 is 17.9 Å². The van der Waals surface area contributed by atoms with Gasteiger partial charge >= 0.3 is 5.97 Å². The smallest absolute Gasteiger partial charge is 0.330 e. The lowest BCUT2D eigenvalue weighted by Gasteiger charge is -2.23. The van der Waals surface area contributed by atoms with Gasteiger partial charge in [-0.15, -0.1) is 0 Å². The van der Waals surface area contributed by atoms with Gasteiger partial charge in [-0.1, -0.05) is 12.1 Å². The number of amides is 1. The van der Waals surface area contributed by atoms with E-state index in [1.165, 1.54) is 6.92 Å². The molecule has 0 aliphatic heterocycles. The molecule has 0 aliphatic carbocycles. The van der Waals surface area contributed by atoms with E-state index in [9.17, 15) is 9.59 Å². The highest BCUT2D eigenvalue weighted by molar-refractivity contribution is 7.80. The SMILES string of the molecule is CC(=O)NC(C(=O)O)c1ccc(NC(=S)NC(C)(C)C)cc1. The van der Waals surface area contributed by atoms with Gasteiger partial charge in [-0.2, -0.15) is 0 Å². The van der Waals surface area contributed by atoms with Gasteiger partial charge in [0.1, 0.15) is 0 Å². The van der Waals surface area contributed by atoms with E-state index >= 15 is 0 Å². The quantitative estimate of drug-likeness (QED) is 0.634. The van der Waals surface area contributed by atoms with Crippen molar-refractivity contribution in [2.24, 2.45) is 0 Å². The maximum absolute atomic E-state index is 11.2. The number of anilines is 1. The molecule has 6 nitrogen and oxygen atoms in total. The molecule has 1 unspecified atom stereocenters. The normalized spacial score (nSPS) is 12.2. The highest BCUT2D eigenvalue weighted by Crippen LogP contribution is 2.17. The summed E-state index contributed by atoms with van der Waals surface area (Å²) in [6, 6.07) is 5.63. The Kier molecular flexibility index (Phi) is 5.87. The Balaban J connectivity index is 2.79. The van der Waals surface area contributed by atoms with Crippen LogP contribution in [0, 0.1) is 0 Å². The van der Waals surface area contributed by atoms with Gasteiger partial charge in [-0.3, -0.25) is 4.79 Å². The lowest BCUT2D eigenvalue weighted by molar-refractivity contribution is -0.141. The average Bonchev–Trinajstić information content (AvgIpc) is 2.34.